The van der Waals surface area contributed by atoms with Gasteiger partial charge in [-0.2, -0.15) is 0 Å². The standard InChI is InChI=1S/C33H37FNOP/c1-4-17-33(2,37-31-16-15-29(34)22-28(31)23-35-3)30-21-26(18-24-11-7-5-8-12-24)20-27(32(30)36)19-25-13-9-6-10-14-25/h5-16,20-22,35-37H,4,17-19,23H2,1-3H3. The van der Waals surface area contributed by atoms with Crippen LogP contribution in [-0.2, 0) is 24.5 Å². The maximum atomic E-state index is 14.1. The molecule has 0 saturated carbocycles. The second kappa shape index (κ2) is 12.5. The number of rotatable bonds is 11. The number of halogens is 1. The largest absolute Gasteiger partial charge is 0.507 e. The van der Waals surface area contributed by atoms with Crippen LogP contribution in [0.3, 0.4) is 0 Å². The normalized spacial score (nSPS) is 13.2. The van der Waals surface area contributed by atoms with Gasteiger partial charge in [0, 0.05) is 23.7 Å². The van der Waals surface area contributed by atoms with Crippen molar-refractivity contribution in [1.82, 2.24) is 5.32 Å². The van der Waals surface area contributed by atoms with Crippen LogP contribution in [0.15, 0.2) is 91.0 Å². The van der Waals surface area contributed by atoms with Crippen LogP contribution in [0.4, 0.5) is 4.39 Å². The van der Waals surface area contributed by atoms with Gasteiger partial charge in [-0.25, -0.2) is 4.39 Å². The van der Waals surface area contributed by atoms with Crippen molar-refractivity contribution in [3.05, 3.63) is 130 Å². The van der Waals surface area contributed by atoms with Crippen LogP contribution in [-0.4, -0.2) is 12.2 Å². The minimum atomic E-state index is -0.280. The fourth-order valence-electron chi connectivity index (χ4n) is 5.15. The third kappa shape index (κ3) is 6.86. The highest BCUT2D eigenvalue weighted by atomic mass is 31.1. The molecule has 0 amide bonds. The minimum Gasteiger partial charge on any atom is -0.507 e. The molecule has 4 rings (SSSR count). The quantitative estimate of drug-likeness (QED) is 0.204. The van der Waals surface area contributed by atoms with Gasteiger partial charge in [0.1, 0.15) is 11.6 Å². The fourth-order valence-corrected chi connectivity index (χ4v) is 6.93. The average Bonchev–Trinajstić information content (AvgIpc) is 2.89. The number of aromatic hydroxyl groups is 1. The van der Waals surface area contributed by atoms with Crippen molar-refractivity contribution < 1.29 is 9.50 Å². The first-order chi connectivity index (χ1) is 17.9. The van der Waals surface area contributed by atoms with Crippen LogP contribution in [0.5, 0.6) is 5.75 Å². The third-order valence-electron chi connectivity index (χ3n) is 6.93. The summed E-state index contributed by atoms with van der Waals surface area (Å²) in [4.78, 5) is 0. The van der Waals surface area contributed by atoms with Gasteiger partial charge in [0.05, 0.1) is 0 Å². The summed E-state index contributed by atoms with van der Waals surface area (Å²) >= 11 is 0. The number of hydrogen-bond donors (Lipinski definition) is 2. The first kappa shape index (κ1) is 27.0. The molecule has 4 aromatic rings. The molecule has 2 atom stereocenters. The SMILES string of the molecule is CCCC(C)(Pc1ccc(F)cc1CNC)c1cc(Cc2ccccc2)cc(Cc2ccccc2)c1O. The fraction of sp³-hybridized carbons (Fsp3) is 0.273. The number of hydrogen-bond acceptors (Lipinski definition) is 2. The minimum absolute atomic E-state index is 0.214. The van der Waals surface area contributed by atoms with Gasteiger partial charge in [-0.05, 0) is 65.1 Å². The van der Waals surface area contributed by atoms with Crippen LogP contribution in [0.25, 0.3) is 0 Å². The van der Waals surface area contributed by atoms with Gasteiger partial charge in [0.25, 0.3) is 0 Å². The number of phenols is 1. The van der Waals surface area contributed by atoms with E-state index in [1.165, 1.54) is 16.7 Å². The predicted octanol–water partition coefficient (Wildman–Crippen LogP) is 7.45. The van der Waals surface area contributed by atoms with Crippen molar-refractivity contribution in [2.45, 2.75) is 51.2 Å². The van der Waals surface area contributed by atoms with E-state index >= 15 is 0 Å². The van der Waals surface area contributed by atoms with E-state index in [1.54, 1.807) is 12.1 Å². The van der Waals surface area contributed by atoms with Crippen molar-refractivity contribution in [3.63, 3.8) is 0 Å². The molecule has 4 heteroatoms. The van der Waals surface area contributed by atoms with Gasteiger partial charge >= 0.3 is 0 Å². The summed E-state index contributed by atoms with van der Waals surface area (Å²) in [6, 6.07) is 30.3. The second-order valence-corrected chi connectivity index (χ2v) is 11.9. The monoisotopic (exact) mass is 513 g/mol. The lowest BCUT2D eigenvalue weighted by atomic mass is 9.88. The molecule has 0 heterocycles. The van der Waals surface area contributed by atoms with E-state index < -0.39 is 0 Å². The maximum absolute atomic E-state index is 14.1. The summed E-state index contributed by atoms with van der Waals surface area (Å²) in [7, 11) is 2.28. The second-order valence-electron chi connectivity index (χ2n) is 10.0. The molecule has 37 heavy (non-hydrogen) atoms. The van der Waals surface area contributed by atoms with E-state index in [2.05, 4.69) is 67.7 Å². The lowest BCUT2D eigenvalue weighted by Gasteiger charge is -2.33. The van der Waals surface area contributed by atoms with Gasteiger partial charge in [-0.15, -0.1) is 0 Å². The van der Waals surface area contributed by atoms with Gasteiger partial charge in [0.15, 0.2) is 0 Å². The van der Waals surface area contributed by atoms with E-state index in [0.29, 0.717) is 27.3 Å². The van der Waals surface area contributed by atoms with Gasteiger partial charge in [-0.3, -0.25) is 0 Å². The summed E-state index contributed by atoms with van der Waals surface area (Å²) in [5.74, 6) is 0.176. The van der Waals surface area contributed by atoms with Crippen molar-refractivity contribution in [1.29, 1.82) is 0 Å². The summed E-state index contributed by atoms with van der Waals surface area (Å²) in [5, 5.41) is 15.8. The van der Waals surface area contributed by atoms with E-state index in [9.17, 15) is 9.50 Å². The Balaban J connectivity index is 1.81. The molecular weight excluding hydrogens is 476 g/mol. The lowest BCUT2D eigenvalue weighted by Crippen LogP contribution is -2.23. The van der Waals surface area contributed by atoms with E-state index in [4.69, 9.17) is 0 Å². The topological polar surface area (TPSA) is 32.3 Å². The molecule has 0 bridgehead atoms. The van der Waals surface area contributed by atoms with Gasteiger partial charge in [-0.1, -0.05) is 108 Å². The van der Waals surface area contributed by atoms with Crippen molar-refractivity contribution in [2.24, 2.45) is 0 Å². The molecule has 0 radical (unpaired) electrons. The molecule has 4 aromatic carbocycles. The molecular formula is C33H37FNOP. The zero-order valence-electron chi connectivity index (χ0n) is 22.0. The van der Waals surface area contributed by atoms with Crippen LogP contribution in [0.2, 0.25) is 0 Å². The Morgan fingerprint density at radius 2 is 1.46 bits per heavy atom. The molecule has 0 spiro atoms. The molecule has 2 N–H and O–H groups in total. The van der Waals surface area contributed by atoms with Crippen LogP contribution in [0.1, 0.15) is 60.1 Å². The highest BCUT2D eigenvalue weighted by molar-refractivity contribution is 7.48. The molecule has 0 aromatic heterocycles. The first-order valence-corrected chi connectivity index (χ1v) is 14.1. The highest BCUT2D eigenvalue weighted by Gasteiger charge is 2.31. The van der Waals surface area contributed by atoms with Crippen LogP contribution < -0.4 is 10.6 Å². The first-order valence-electron chi connectivity index (χ1n) is 13.1. The Morgan fingerprint density at radius 1 is 0.811 bits per heavy atom. The molecule has 2 nitrogen and oxygen atoms in total. The molecule has 0 aliphatic carbocycles. The van der Waals surface area contributed by atoms with Crippen LogP contribution in [0, 0.1) is 5.82 Å². The number of phenolic OH excluding ortho intramolecular Hbond substituents is 1. The Kier molecular flexibility index (Phi) is 9.14. The lowest BCUT2D eigenvalue weighted by molar-refractivity contribution is 0.447. The Morgan fingerprint density at radius 3 is 2.08 bits per heavy atom. The zero-order chi connectivity index (χ0) is 26.3. The molecule has 0 fully saturated rings. The predicted molar refractivity (Wildman–Crippen MR) is 156 cm³/mol. The maximum Gasteiger partial charge on any atom is 0.123 e. The molecule has 2 unspecified atom stereocenters. The van der Waals surface area contributed by atoms with Gasteiger partial charge in [0.2, 0.25) is 0 Å². The summed E-state index contributed by atoms with van der Waals surface area (Å²) in [5.41, 5.74) is 6.55. The Bertz CT molecular complexity index is 1310. The van der Waals surface area contributed by atoms with E-state index in [-0.39, 0.29) is 11.0 Å². The summed E-state index contributed by atoms with van der Waals surface area (Å²) < 4.78 is 14.1. The average molecular weight is 514 g/mol. The summed E-state index contributed by atoms with van der Waals surface area (Å²) in [6.07, 6.45) is 3.40. The van der Waals surface area contributed by atoms with E-state index in [0.717, 1.165) is 41.3 Å². The Hall–Kier alpha value is -3.00. The highest BCUT2D eigenvalue weighted by Crippen LogP contribution is 2.49. The molecule has 0 saturated heterocycles. The van der Waals surface area contributed by atoms with Crippen molar-refractivity contribution in [3.8, 4) is 5.75 Å². The van der Waals surface area contributed by atoms with Crippen LogP contribution >= 0.6 is 8.58 Å². The molecule has 0 aliphatic heterocycles. The summed E-state index contributed by atoms with van der Waals surface area (Å²) in [6.45, 7) is 5.06. The van der Waals surface area contributed by atoms with E-state index in [1.807, 2.05) is 37.4 Å². The number of nitrogens with one attached hydrogen (secondary N) is 1. The number of benzene rings is 4. The van der Waals surface area contributed by atoms with Crippen molar-refractivity contribution >= 4 is 13.9 Å². The smallest absolute Gasteiger partial charge is 0.123 e. The molecule has 192 valence electrons. The van der Waals surface area contributed by atoms with Crippen molar-refractivity contribution in [2.75, 3.05) is 7.05 Å². The van der Waals surface area contributed by atoms with Gasteiger partial charge < -0.3 is 10.4 Å². The molecule has 0 aliphatic rings. The third-order valence-corrected chi connectivity index (χ3v) is 8.75. The zero-order valence-corrected chi connectivity index (χ0v) is 23.0. The Labute approximate surface area is 222 Å².